The first-order valence-electron chi connectivity index (χ1n) is 7.94. The first-order chi connectivity index (χ1) is 12.1. The molecule has 0 N–H and O–H groups in total. The van der Waals surface area contributed by atoms with Crippen molar-refractivity contribution in [2.24, 2.45) is 0 Å². The van der Waals surface area contributed by atoms with E-state index in [-0.39, 0.29) is 19.1 Å². The van der Waals surface area contributed by atoms with Crippen LogP contribution in [-0.4, -0.2) is 34.6 Å². The summed E-state index contributed by atoms with van der Waals surface area (Å²) < 4.78 is 10.7. The summed E-state index contributed by atoms with van der Waals surface area (Å²) in [5.74, 6) is 1.40. The van der Waals surface area contributed by atoms with Crippen molar-refractivity contribution in [3.63, 3.8) is 0 Å². The Hall–Kier alpha value is -3.15. The number of likely N-dealkylation sites (N-methyl/N-ethyl adjacent to an activating group) is 1. The molecule has 1 amide bonds. The van der Waals surface area contributed by atoms with Gasteiger partial charge < -0.3 is 14.2 Å². The molecule has 3 rings (SSSR count). The van der Waals surface area contributed by atoms with Crippen LogP contribution in [0.15, 0.2) is 59.1 Å². The molecular weight excluding hydrogens is 318 g/mol. The first-order valence-corrected chi connectivity index (χ1v) is 7.94. The van der Waals surface area contributed by atoms with E-state index in [1.54, 1.807) is 19.2 Å². The molecule has 0 fully saturated rings. The minimum atomic E-state index is -0.167. The zero-order chi connectivity index (χ0) is 17.6. The van der Waals surface area contributed by atoms with Crippen LogP contribution in [0.5, 0.6) is 5.75 Å². The van der Waals surface area contributed by atoms with Crippen LogP contribution in [0.3, 0.4) is 0 Å². The number of hydrogen-bond acceptors (Lipinski definition) is 5. The summed E-state index contributed by atoms with van der Waals surface area (Å²) >= 11 is 0. The molecule has 0 aliphatic carbocycles. The highest BCUT2D eigenvalue weighted by molar-refractivity contribution is 5.77. The molecule has 6 nitrogen and oxygen atoms in total. The van der Waals surface area contributed by atoms with Gasteiger partial charge in [0.2, 0.25) is 11.7 Å². The molecule has 0 bridgehead atoms. The zero-order valence-electron chi connectivity index (χ0n) is 14.2. The van der Waals surface area contributed by atoms with Gasteiger partial charge in [0.15, 0.2) is 6.61 Å². The molecule has 25 heavy (non-hydrogen) atoms. The Labute approximate surface area is 146 Å². The summed E-state index contributed by atoms with van der Waals surface area (Å²) in [6, 6.07) is 17.0. The Morgan fingerprint density at radius 3 is 2.60 bits per heavy atom. The van der Waals surface area contributed by atoms with Crippen LogP contribution < -0.4 is 4.74 Å². The quantitative estimate of drug-likeness (QED) is 0.691. The molecule has 0 spiro atoms. The molecule has 0 unspecified atom stereocenters. The number of carbonyl (C=O) groups excluding carboxylic acids is 1. The van der Waals surface area contributed by atoms with Crippen molar-refractivity contribution in [2.75, 3.05) is 13.7 Å². The van der Waals surface area contributed by atoms with Gasteiger partial charge in [-0.1, -0.05) is 47.6 Å². The van der Waals surface area contributed by atoms with Gasteiger partial charge in [-0.2, -0.15) is 4.98 Å². The van der Waals surface area contributed by atoms with Gasteiger partial charge in [-0.3, -0.25) is 4.79 Å². The summed E-state index contributed by atoms with van der Waals surface area (Å²) in [5.41, 5.74) is 1.98. The largest absolute Gasteiger partial charge is 0.484 e. The number of carbonyl (C=O) groups is 1. The lowest BCUT2D eigenvalue weighted by Gasteiger charge is -2.15. The maximum atomic E-state index is 12.2. The molecule has 0 aliphatic heterocycles. The van der Waals surface area contributed by atoms with E-state index in [0.717, 1.165) is 11.1 Å². The molecule has 0 radical (unpaired) electrons. The van der Waals surface area contributed by atoms with Gasteiger partial charge in [0, 0.05) is 12.6 Å². The van der Waals surface area contributed by atoms with Crippen molar-refractivity contribution in [1.82, 2.24) is 15.0 Å². The average molecular weight is 337 g/mol. The molecule has 0 atom stereocenters. The molecule has 128 valence electrons. The number of hydrogen-bond donors (Lipinski definition) is 0. The lowest BCUT2D eigenvalue weighted by molar-refractivity contribution is -0.132. The Balaban J connectivity index is 1.59. The molecular formula is C19H19N3O3. The van der Waals surface area contributed by atoms with Crippen molar-refractivity contribution in [3.05, 3.63) is 66.1 Å². The molecule has 1 heterocycles. The molecule has 6 heteroatoms. The Kier molecular flexibility index (Phi) is 5.09. The normalized spacial score (nSPS) is 10.5. The monoisotopic (exact) mass is 337 g/mol. The number of aryl methyl sites for hydroxylation is 1. The topological polar surface area (TPSA) is 68.5 Å². The Bertz CT molecular complexity index is 846. The maximum Gasteiger partial charge on any atom is 0.260 e. The number of amides is 1. The smallest absolute Gasteiger partial charge is 0.260 e. The van der Waals surface area contributed by atoms with E-state index in [1.165, 1.54) is 4.90 Å². The van der Waals surface area contributed by atoms with Crippen molar-refractivity contribution in [2.45, 2.75) is 13.5 Å². The number of para-hydroxylation sites is 1. The van der Waals surface area contributed by atoms with Crippen LogP contribution in [0.2, 0.25) is 0 Å². The zero-order valence-corrected chi connectivity index (χ0v) is 14.2. The summed E-state index contributed by atoms with van der Waals surface area (Å²) in [5, 5.41) is 4.00. The molecule has 0 aliphatic rings. The Morgan fingerprint density at radius 1 is 1.12 bits per heavy atom. The molecule has 2 aromatic carbocycles. The van der Waals surface area contributed by atoms with Crippen molar-refractivity contribution >= 4 is 5.91 Å². The highest BCUT2D eigenvalue weighted by atomic mass is 16.5. The minimum absolute atomic E-state index is 0.0424. The van der Waals surface area contributed by atoms with Crippen LogP contribution in [-0.2, 0) is 11.3 Å². The predicted octanol–water partition coefficient (Wildman–Crippen LogP) is 3.08. The van der Waals surface area contributed by atoms with Gasteiger partial charge in [0.05, 0.1) is 6.54 Å². The highest BCUT2D eigenvalue weighted by Gasteiger charge is 2.16. The molecule has 0 saturated carbocycles. The van der Waals surface area contributed by atoms with Crippen LogP contribution in [0, 0.1) is 6.92 Å². The maximum absolute atomic E-state index is 12.2. The lowest BCUT2D eigenvalue weighted by atomic mass is 10.1. The summed E-state index contributed by atoms with van der Waals surface area (Å²) in [6.07, 6.45) is 0. The number of ether oxygens (including phenoxy) is 1. The van der Waals surface area contributed by atoms with Gasteiger partial charge in [0.1, 0.15) is 5.75 Å². The van der Waals surface area contributed by atoms with Gasteiger partial charge >= 0.3 is 0 Å². The summed E-state index contributed by atoms with van der Waals surface area (Å²) in [4.78, 5) is 18.0. The number of rotatable bonds is 6. The van der Waals surface area contributed by atoms with Crippen LogP contribution in [0.4, 0.5) is 0 Å². The molecule has 0 saturated heterocycles. The highest BCUT2D eigenvalue weighted by Crippen LogP contribution is 2.20. The van der Waals surface area contributed by atoms with Crippen molar-refractivity contribution in [1.29, 1.82) is 0 Å². The van der Waals surface area contributed by atoms with E-state index in [4.69, 9.17) is 9.26 Å². The van der Waals surface area contributed by atoms with E-state index in [2.05, 4.69) is 10.1 Å². The van der Waals surface area contributed by atoms with Gasteiger partial charge in [-0.05, 0) is 24.6 Å². The number of aromatic nitrogens is 2. The van der Waals surface area contributed by atoms with Crippen molar-refractivity contribution < 1.29 is 14.1 Å². The van der Waals surface area contributed by atoms with Crippen molar-refractivity contribution in [3.8, 4) is 17.1 Å². The third-order valence-electron chi connectivity index (χ3n) is 3.76. The standard InChI is InChI=1S/C19H19N3O3/c1-14-8-6-7-11-16(14)19-20-17(25-21-19)12-22(2)18(23)13-24-15-9-4-3-5-10-15/h3-11H,12-13H2,1-2H3. The van der Waals surface area contributed by atoms with E-state index in [0.29, 0.717) is 17.5 Å². The van der Waals surface area contributed by atoms with E-state index < -0.39 is 0 Å². The van der Waals surface area contributed by atoms with Gasteiger partial charge in [0.25, 0.3) is 5.91 Å². The third kappa shape index (κ3) is 4.23. The van der Waals surface area contributed by atoms with Crippen LogP contribution >= 0.6 is 0 Å². The van der Waals surface area contributed by atoms with Gasteiger partial charge in [-0.25, -0.2) is 0 Å². The second kappa shape index (κ2) is 7.61. The Morgan fingerprint density at radius 2 is 1.84 bits per heavy atom. The fraction of sp³-hybridized carbons (Fsp3) is 0.211. The number of nitrogens with zero attached hydrogens (tertiary/aromatic N) is 3. The van der Waals surface area contributed by atoms with Crippen LogP contribution in [0.25, 0.3) is 11.4 Å². The van der Waals surface area contributed by atoms with E-state index >= 15 is 0 Å². The lowest BCUT2D eigenvalue weighted by Crippen LogP contribution is -2.31. The van der Waals surface area contributed by atoms with Crippen LogP contribution in [0.1, 0.15) is 11.5 Å². The average Bonchev–Trinajstić information content (AvgIpc) is 3.09. The fourth-order valence-corrected chi connectivity index (χ4v) is 2.32. The van der Waals surface area contributed by atoms with Gasteiger partial charge in [-0.15, -0.1) is 0 Å². The fourth-order valence-electron chi connectivity index (χ4n) is 2.32. The predicted molar refractivity (Wildman–Crippen MR) is 92.9 cm³/mol. The van der Waals surface area contributed by atoms with E-state index in [9.17, 15) is 4.79 Å². The minimum Gasteiger partial charge on any atom is -0.484 e. The molecule has 1 aromatic heterocycles. The summed E-state index contributed by atoms with van der Waals surface area (Å²) in [6.45, 7) is 2.18. The first kappa shape index (κ1) is 16.7. The van der Waals surface area contributed by atoms with E-state index in [1.807, 2.05) is 49.4 Å². The second-order valence-electron chi connectivity index (χ2n) is 5.68. The SMILES string of the molecule is Cc1ccccc1-c1noc(CN(C)C(=O)COc2ccccc2)n1. The molecule has 3 aromatic rings. The summed E-state index contributed by atoms with van der Waals surface area (Å²) in [7, 11) is 1.67. The number of benzene rings is 2. The third-order valence-corrected chi connectivity index (χ3v) is 3.76. The second-order valence-corrected chi connectivity index (χ2v) is 5.68.